The summed E-state index contributed by atoms with van der Waals surface area (Å²) in [5.41, 5.74) is 0. The maximum atomic E-state index is 11.8. The second kappa shape index (κ2) is 2.04. The third-order valence-electron chi connectivity index (χ3n) is 2.03. The summed E-state index contributed by atoms with van der Waals surface area (Å²) in [6.45, 7) is 4.24. The van der Waals surface area contributed by atoms with Crippen molar-refractivity contribution in [1.29, 1.82) is 0 Å². The highest BCUT2D eigenvalue weighted by Gasteiger charge is 2.38. The highest BCUT2D eigenvalue weighted by Crippen LogP contribution is 2.43. The van der Waals surface area contributed by atoms with Crippen LogP contribution in [0.5, 0.6) is 0 Å². The Morgan fingerprint density at radius 2 is 2.25 bits per heavy atom. The van der Waals surface area contributed by atoms with Crippen molar-refractivity contribution in [2.45, 2.75) is 20.3 Å². The molecule has 0 aliphatic heterocycles. The molecule has 0 spiro atoms. The maximum Gasteiger partial charge on any atom is 0.0925 e. The summed E-state index contributed by atoms with van der Waals surface area (Å²) in [5, 5.41) is 0. The average Bonchev–Trinajstić information content (AvgIpc) is 2.42. The van der Waals surface area contributed by atoms with E-state index in [4.69, 9.17) is 0 Å². The second-order valence-corrected chi connectivity index (χ2v) is 3.06. The topological polar surface area (TPSA) is 0 Å². The normalized spacial score (nSPS) is 36.0. The lowest BCUT2D eigenvalue weighted by Gasteiger charge is -1.98. The first kappa shape index (κ1) is 6.06. The van der Waals surface area contributed by atoms with Gasteiger partial charge in [-0.2, -0.15) is 0 Å². The molecule has 1 heteroatoms. The molecule has 0 unspecified atom stereocenters. The van der Waals surface area contributed by atoms with Crippen LogP contribution in [0.4, 0.5) is 4.39 Å². The molecule has 0 aromatic carbocycles. The van der Waals surface area contributed by atoms with Crippen LogP contribution < -0.4 is 0 Å². The molecular formula is C7H13F. The summed E-state index contributed by atoms with van der Waals surface area (Å²) in [4.78, 5) is 0. The van der Waals surface area contributed by atoms with Crippen LogP contribution in [-0.4, -0.2) is 6.67 Å². The minimum atomic E-state index is -0.0944. The van der Waals surface area contributed by atoms with E-state index in [2.05, 4.69) is 13.8 Å². The summed E-state index contributed by atoms with van der Waals surface area (Å²) in [7, 11) is 0. The van der Waals surface area contributed by atoms with E-state index in [1.54, 1.807) is 0 Å². The van der Waals surface area contributed by atoms with Crippen LogP contribution in [-0.2, 0) is 0 Å². The van der Waals surface area contributed by atoms with Gasteiger partial charge in [-0.15, -0.1) is 0 Å². The average molecular weight is 116 g/mol. The van der Waals surface area contributed by atoms with Crippen LogP contribution in [0.25, 0.3) is 0 Å². The molecule has 1 aliphatic carbocycles. The standard InChI is InChI=1S/C7H13F/c1-5(2)7-3-6(7)4-8/h5-7H,3-4H2,1-2H3/t6-,7-/m0/s1. The monoisotopic (exact) mass is 116 g/mol. The zero-order valence-electron chi connectivity index (χ0n) is 5.52. The first-order chi connectivity index (χ1) is 3.75. The number of rotatable bonds is 2. The van der Waals surface area contributed by atoms with Crippen molar-refractivity contribution in [3.05, 3.63) is 0 Å². The third kappa shape index (κ3) is 1.01. The molecule has 48 valence electrons. The molecular weight excluding hydrogens is 103 g/mol. The molecule has 0 bridgehead atoms. The van der Waals surface area contributed by atoms with E-state index < -0.39 is 0 Å². The molecule has 0 nitrogen and oxygen atoms in total. The first-order valence-corrected chi connectivity index (χ1v) is 3.31. The Labute approximate surface area is 50.1 Å². The van der Waals surface area contributed by atoms with Gasteiger partial charge in [0.25, 0.3) is 0 Å². The van der Waals surface area contributed by atoms with Crippen molar-refractivity contribution in [1.82, 2.24) is 0 Å². The molecule has 8 heavy (non-hydrogen) atoms. The van der Waals surface area contributed by atoms with E-state index >= 15 is 0 Å². The lowest BCUT2D eigenvalue weighted by Crippen LogP contribution is -1.92. The van der Waals surface area contributed by atoms with Gasteiger partial charge in [0.2, 0.25) is 0 Å². The minimum Gasteiger partial charge on any atom is -0.251 e. The lowest BCUT2D eigenvalue weighted by atomic mass is 10.1. The molecule has 0 heterocycles. The van der Waals surface area contributed by atoms with Crippen molar-refractivity contribution in [3.8, 4) is 0 Å². The fourth-order valence-corrected chi connectivity index (χ4v) is 1.26. The fourth-order valence-electron chi connectivity index (χ4n) is 1.26. The van der Waals surface area contributed by atoms with Gasteiger partial charge in [-0.05, 0) is 24.2 Å². The predicted octanol–water partition coefficient (Wildman–Crippen LogP) is 2.25. The highest BCUT2D eigenvalue weighted by atomic mass is 19.1. The molecule has 0 aromatic rings. The molecule has 0 aromatic heterocycles. The van der Waals surface area contributed by atoms with E-state index in [1.165, 1.54) is 0 Å². The van der Waals surface area contributed by atoms with Crippen molar-refractivity contribution in [2.24, 2.45) is 17.8 Å². The third-order valence-corrected chi connectivity index (χ3v) is 2.03. The molecule has 0 amide bonds. The molecule has 0 radical (unpaired) electrons. The number of hydrogen-bond donors (Lipinski definition) is 0. The summed E-state index contributed by atoms with van der Waals surface area (Å²) in [5.74, 6) is 1.84. The smallest absolute Gasteiger partial charge is 0.0925 e. The van der Waals surface area contributed by atoms with Gasteiger partial charge in [-0.1, -0.05) is 13.8 Å². The van der Waals surface area contributed by atoms with Crippen molar-refractivity contribution in [2.75, 3.05) is 6.67 Å². The minimum absolute atomic E-state index is 0.0944. The Kier molecular flexibility index (Phi) is 1.54. The van der Waals surface area contributed by atoms with Gasteiger partial charge in [0.05, 0.1) is 6.67 Å². The van der Waals surface area contributed by atoms with E-state index in [0.717, 1.165) is 6.42 Å². The quantitative estimate of drug-likeness (QED) is 0.519. The fraction of sp³-hybridized carbons (Fsp3) is 1.00. The van der Waals surface area contributed by atoms with E-state index in [1.807, 2.05) is 0 Å². The number of hydrogen-bond acceptors (Lipinski definition) is 0. The Bertz CT molecular complexity index is 78.5. The Morgan fingerprint density at radius 1 is 1.62 bits per heavy atom. The Balaban J connectivity index is 2.16. The number of alkyl halides is 1. The van der Waals surface area contributed by atoms with Crippen molar-refractivity contribution in [3.63, 3.8) is 0 Å². The molecule has 2 atom stereocenters. The Hall–Kier alpha value is -0.0700. The van der Waals surface area contributed by atoms with E-state index in [9.17, 15) is 4.39 Å². The van der Waals surface area contributed by atoms with Crippen LogP contribution in [0.2, 0.25) is 0 Å². The summed E-state index contributed by atoms with van der Waals surface area (Å²) < 4.78 is 11.8. The van der Waals surface area contributed by atoms with Crippen molar-refractivity contribution < 1.29 is 4.39 Å². The molecule has 1 aliphatic rings. The molecule has 0 N–H and O–H groups in total. The largest absolute Gasteiger partial charge is 0.251 e. The van der Waals surface area contributed by atoms with Gasteiger partial charge < -0.3 is 0 Å². The molecule has 1 rings (SSSR count). The van der Waals surface area contributed by atoms with Crippen molar-refractivity contribution >= 4 is 0 Å². The SMILES string of the molecule is CC(C)[C@@H]1C[C@H]1CF. The first-order valence-electron chi connectivity index (χ1n) is 3.31. The van der Waals surface area contributed by atoms with E-state index in [0.29, 0.717) is 17.8 Å². The van der Waals surface area contributed by atoms with Crippen LogP contribution in [0, 0.1) is 17.8 Å². The van der Waals surface area contributed by atoms with Gasteiger partial charge in [0.1, 0.15) is 0 Å². The van der Waals surface area contributed by atoms with Gasteiger partial charge in [-0.3, -0.25) is 4.39 Å². The number of halogens is 1. The second-order valence-electron chi connectivity index (χ2n) is 3.06. The Morgan fingerprint density at radius 3 is 2.38 bits per heavy atom. The molecule has 1 fully saturated rings. The zero-order chi connectivity index (χ0) is 6.15. The van der Waals surface area contributed by atoms with Crippen LogP contribution in [0.3, 0.4) is 0 Å². The van der Waals surface area contributed by atoms with Crippen LogP contribution in [0.15, 0.2) is 0 Å². The summed E-state index contributed by atoms with van der Waals surface area (Å²) >= 11 is 0. The van der Waals surface area contributed by atoms with Crippen LogP contribution >= 0.6 is 0 Å². The van der Waals surface area contributed by atoms with Gasteiger partial charge in [0.15, 0.2) is 0 Å². The summed E-state index contributed by atoms with van der Waals surface area (Å²) in [6, 6.07) is 0. The molecule has 1 saturated carbocycles. The van der Waals surface area contributed by atoms with Crippen LogP contribution in [0.1, 0.15) is 20.3 Å². The summed E-state index contributed by atoms with van der Waals surface area (Å²) in [6.07, 6.45) is 1.13. The van der Waals surface area contributed by atoms with E-state index in [-0.39, 0.29) is 6.67 Å². The highest BCUT2D eigenvalue weighted by molar-refractivity contribution is 4.87. The molecule has 0 saturated heterocycles. The van der Waals surface area contributed by atoms with Gasteiger partial charge in [0, 0.05) is 0 Å². The lowest BCUT2D eigenvalue weighted by molar-refractivity contribution is 0.410. The predicted molar refractivity (Wildman–Crippen MR) is 32.4 cm³/mol. The van der Waals surface area contributed by atoms with Gasteiger partial charge in [-0.25, -0.2) is 0 Å². The maximum absolute atomic E-state index is 11.8. The van der Waals surface area contributed by atoms with Gasteiger partial charge >= 0.3 is 0 Å². The zero-order valence-corrected chi connectivity index (χ0v) is 5.52.